The van der Waals surface area contributed by atoms with E-state index in [0.717, 1.165) is 52.4 Å². The van der Waals surface area contributed by atoms with Crippen molar-refractivity contribution in [2.75, 3.05) is 57.3 Å². The third-order valence-electron chi connectivity index (χ3n) is 4.33. The van der Waals surface area contributed by atoms with E-state index in [1.165, 1.54) is 5.69 Å². The van der Waals surface area contributed by atoms with Gasteiger partial charge < -0.3 is 14.9 Å². The number of hydrogen-bond donors (Lipinski definition) is 1. The van der Waals surface area contributed by atoms with Gasteiger partial charge in [-0.3, -0.25) is 4.90 Å². The van der Waals surface area contributed by atoms with Crippen LogP contribution in [0.4, 0.5) is 5.69 Å². The van der Waals surface area contributed by atoms with Crippen LogP contribution in [0.1, 0.15) is 13.8 Å². The fourth-order valence-electron chi connectivity index (χ4n) is 2.96. The van der Waals surface area contributed by atoms with Gasteiger partial charge in [0.2, 0.25) is 0 Å². The van der Waals surface area contributed by atoms with Crippen molar-refractivity contribution in [3.05, 3.63) is 30.3 Å². The van der Waals surface area contributed by atoms with Crippen LogP contribution in [-0.2, 0) is 0 Å². The van der Waals surface area contributed by atoms with E-state index in [1.54, 1.807) is 0 Å². The molecular weight excluding hydrogens is 262 g/mol. The lowest BCUT2D eigenvalue weighted by Crippen LogP contribution is -2.50. The number of para-hydroxylation sites is 1. The van der Waals surface area contributed by atoms with Gasteiger partial charge in [-0.05, 0) is 25.2 Å². The summed E-state index contributed by atoms with van der Waals surface area (Å²) >= 11 is 0. The number of likely N-dealkylation sites (N-methyl/N-ethyl adjacent to an activating group) is 1. The molecule has 21 heavy (non-hydrogen) atoms. The maximum absolute atomic E-state index is 10.2. The van der Waals surface area contributed by atoms with Gasteiger partial charge in [0.15, 0.2) is 0 Å². The Morgan fingerprint density at radius 2 is 1.67 bits per heavy atom. The SMILES string of the molecule is CCN(CC)C[C@@H](O)CN1CCN(c2ccccc2)CC1. The Morgan fingerprint density at radius 1 is 1.05 bits per heavy atom. The van der Waals surface area contributed by atoms with Gasteiger partial charge in [0.25, 0.3) is 0 Å². The van der Waals surface area contributed by atoms with Crippen LogP contribution in [0.25, 0.3) is 0 Å². The highest BCUT2D eigenvalue weighted by Crippen LogP contribution is 2.15. The van der Waals surface area contributed by atoms with Crippen molar-refractivity contribution < 1.29 is 5.11 Å². The van der Waals surface area contributed by atoms with Crippen molar-refractivity contribution in [1.29, 1.82) is 0 Å². The molecule has 0 bridgehead atoms. The molecule has 0 aromatic heterocycles. The Kier molecular flexibility index (Phi) is 6.49. The first-order valence-electron chi connectivity index (χ1n) is 8.15. The molecule has 1 aliphatic heterocycles. The zero-order valence-corrected chi connectivity index (χ0v) is 13.4. The summed E-state index contributed by atoms with van der Waals surface area (Å²) in [6.45, 7) is 12.0. The Balaban J connectivity index is 1.74. The summed E-state index contributed by atoms with van der Waals surface area (Å²) < 4.78 is 0. The molecule has 0 spiro atoms. The lowest BCUT2D eigenvalue weighted by Gasteiger charge is -2.37. The summed E-state index contributed by atoms with van der Waals surface area (Å²) in [7, 11) is 0. The Morgan fingerprint density at radius 3 is 2.24 bits per heavy atom. The quantitative estimate of drug-likeness (QED) is 0.825. The summed E-state index contributed by atoms with van der Waals surface area (Å²) in [6.07, 6.45) is -0.242. The minimum absolute atomic E-state index is 0.242. The summed E-state index contributed by atoms with van der Waals surface area (Å²) in [5.41, 5.74) is 1.31. The van der Waals surface area contributed by atoms with Crippen LogP contribution in [0.2, 0.25) is 0 Å². The van der Waals surface area contributed by atoms with Gasteiger partial charge in [-0.25, -0.2) is 0 Å². The average Bonchev–Trinajstić information content (AvgIpc) is 2.54. The third kappa shape index (κ3) is 4.99. The summed E-state index contributed by atoms with van der Waals surface area (Å²) in [6, 6.07) is 10.6. The molecule has 118 valence electrons. The van der Waals surface area contributed by atoms with Gasteiger partial charge in [-0.1, -0.05) is 32.0 Å². The maximum atomic E-state index is 10.2. The van der Waals surface area contributed by atoms with E-state index < -0.39 is 0 Å². The second-order valence-electron chi connectivity index (χ2n) is 5.76. The number of benzene rings is 1. The standard InChI is InChI=1S/C17H29N3O/c1-3-18(4-2)14-17(21)15-19-10-12-20(13-11-19)16-8-6-5-7-9-16/h5-9,17,21H,3-4,10-15H2,1-2H3/t17-/m1/s1. The fraction of sp³-hybridized carbons (Fsp3) is 0.647. The Hall–Kier alpha value is -1.10. The second kappa shape index (κ2) is 8.37. The zero-order valence-electron chi connectivity index (χ0n) is 13.4. The van der Waals surface area contributed by atoms with E-state index in [1.807, 2.05) is 0 Å². The number of hydrogen-bond acceptors (Lipinski definition) is 4. The van der Waals surface area contributed by atoms with Crippen molar-refractivity contribution >= 4 is 5.69 Å². The van der Waals surface area contributed by atoms with Gasteiger partial charge in [-0.15, -0.1) is 0 Å². The van der Waals surface area contributed by atoms with Gasteiger partial charge in [0.1, 0.15) is 0 Å². The monoisotopic (exact) mass is 291 g/mol. The van der Waals surface area contributed by atoms with Crippen molar-refractivity contribution in [3.8, 4) is 0 Å². The Labute approximate surface area is 129 Å². The fourth-order valence-corrected chi connectivity index (χ4v) is 2.96. The Bertz CT molecular complexity index is 386. The molecule has 1 aromatic carbocycles. The summed E-state index contributed by atoms with van der Waals surface area (Å²) in [5, 5.41) is 10.2. The maximum Gasteiger partial charge on any atom is 0.0793 e. The van der Waals surface area contributed by atoms with E-state index in [4.69, 9.17) is 0 Å². The molecule has 4 nitrogen and oxygen atoms in total. The van der Waals surface area contributed by atoms with Crippen LogP contribution in [-0.4, -0.2) is 73.4 Å². The van der Waals surface area contributed by atoms with Crippen molar-refractivity contribution in [3.63, 3.8) is 0 Å². The molecule has 1 atom stereocenters. The molecule has 1 aromatic rings. The highest BCUT2D eigenvalue weighted by Gasteiger charge is 2.20. The zero-order chi connectivity index (χ0) is 15.1. The third-order valence-corrected chi connectivity index (χ3v) is 4.33. The predicted octanol–water partition coefficient (Wildman–Crippen LogP) is 1.51. The first-order chi connectivity index (χ1) is 10.2. The molecule has 1 N–H and O–H groups in total. The van der Waals surface area contributed by atoms with E-state index in [9.17, 15) is 5.11 Å². The van der Waals surface area contributed by atoms with Crippen molar-refractivity contribution in [2.45, 2.75) is 20.0 Å². The normalized spacial score (nSPS) is 18.2. The van der Waals surface area contributed by atoms with Crippen LogP contribution in [0.5, 0.6) is 0 Å². The van der Waals surface area contributed by atoms with Crippen LogP contribution >= 0.6 is 0 Å². The first-order valence-corrected chi connectivity index (χ1v) is 8.15. The molecule has 0 saturated carbocycles. The highest BCUT2D eigenvalue weighted by atomic mass is 16.3. The minimum Gasteiger partial charge on any atom is -0.390 e. The van der Waals surface area contributed by atoms with Crippen LogP contribution in [0.3, 0.4) is 0 Å². The number of rotatable bonds is 7. The molecule has 0 amide bonds. The number of aliphatic hydroxyl groups excluding tert-OH is 1. The molecule has 4 heteroatoms. The predicted molar refractivity (Wildman–Crippen MR) is 88.9 cm³/mol. The molecule has 1 aliphatic rings. The summed E-state index contributed by atoms with van der Waals surface area (Å²) in [5.74, 6) is 0. The summed E-state index contributed by atoms with van der Waals surface area (Å²) in [4.78, 5) is 7.09. The molecular formula is C17H29N3O. The van der Waals surface area contributed by atoms with Gasteiger partial charge in [0.05, 0.1) is 6.10 Å². The largest absolute Gasteiger partial charge is 0.390 e. The van der Waals surface area contributed by atoms with Gasteiger partial charge in [-0.2, -0.15) is 0 Å². The lowest BCUT2D eigenvalue weighted by molar-refractivity contribution is 0.0749. The number of aliphatic hydroxyl groups is 1. The molecule has 0 radical (unpaired) electrons. The molecule has 1 saturated heterocycles. The van der Waals surface area contributed by atoms with E-state index in [2.05, 4.69) is 58.9 Å². The molecule has 1 fully saturated rings. The average molecular weight is 291 g/mol. The van der Waals surface area contributed by atoms with Crippen LogP contribution in [0, 0.1) is 0 Å². The number of piperazine rings is 1. The van der Waals surface area contributed by atoms with Gasteiger partial charge in [0, 0.05) is 45.0 Å². The molecule has 0 aliphatic carbocycles. The molecule has 2 rings (SSSR count). The highest BCUT2D eigenvalue weighted by molar-refractivity contribution is 5.46. The lowest BCUT2D eigenvalue weighted by atomic mass is 10.2. The van der Waals surface area contributed by atoms with E-state index in [-0.39, 0.29) is 6.10 Å². The topological polar surface area (TPSA) is 30.0 Å². The van der Waals surface area contributed by atoms with Crippen LogP contribution < -0.4 is 4.90 Å². The number of β-amino-alcohol motifs (C(OH)–C–C–N with tert-alkyl or cyclic N) is 1. The first kappa shape index (κ1) is 16.3. The number of nitrogens with zero attached hydrogens (tertiary/aromatic N) is 3. The number of anilines is 1. The molecule has 0 unspecified atom stereocenters. The molecule has 1 heterocycles. The van der Waals surface area contributed by atoms with E-state index in [0.29, 0.717) is 0 Å². The van der Waals surface area contributed by atoms with E-state index >= 15 is 0 Å². The minimum atomic E-state index is -0.242. The second-order valence-corrected chi connectivity index (χ2v) is 5.76. The van der Waals surface area contributed by atoms with Gasteiger partial charge >= 0.3 is 0 Å². The van der Waals surface area contributed by atoms with Crippen molar-refractivity contribution in [2.24, 2.45) is 0 Å². The van der Waals surface area contributed by atoms with Crippen molar-refractivity contribution in [1.82, 2.24) is 9.80 Å². The smallest absolute Gasteiger partial charge is 0.0793 e. The van der Waals surface area contributed by atoms with Crippen LogP contribution in [0.15, 0.2) is 30.3 Å².